The standard InChI is InChI=1S/C21H26N2O2/c1-15-6-7-16(2)20-18(15)4-3-5-19(20)22-9-11-23(12-10-22)21(24)17-8-13-25-14-17/h6-8,13-14,19H,3-5,9-12H2,1-2H3/t19-/m1/s1. The largest absolute Gasteiger partial charge is 0.472 e. The summed E-state index contributed by atoms with van der Waals surface area (Å²) >= 11 is 0. The van der Waals surface area contributed by atoms with Crippen LogP contribution in [-0.4, -0.2) is 41.9 Å². The number of aryl methyl sites for hydroxylation is 2. The smallest absolute Gasteiger partial charge is 0.257 e. The van der Waals surface area contributed by atoms with E-state index in [0.717, 1.165) is 26.2 Å². The number of carbonyl (C=O) groups is 1. The molecule has 1 aromatic heterocycles. The first-order valence-electron chi connectivity index (χ1n) is 9.29. The van der Waals surface area contributed by atoms with Crippen LogP contribution in [0.15, 0.2) is 35.1 Å². The topological polar surface area (TPSA) is 36.7 Å². The van der Waals surface area contributed by atoms with Gasteiger partial charge in [0.05, 0.1) is 11.8 Å². The summed E-state index contributed by atoms with van der Waals surface area (Å²) in [5.41, 5.74) is 6.62. The number of benzene rings is 1. The molecule has 0 saturated carbocycles. The van der Waals surface area contributed by atoms with Crippen LogP contribution >= 0.6 is 0 Å². The number of piperazine rings is 1. The lowest BCUT2D eigenvalue weighted by molar-refractivity contribution is 0.0546. The summed E-state index contributed by atoms with van der Waals surface area (Å²) in [7, 11) is 0. The highest BCUT2D eigenvalue weighted by atomic mass is 16.3. The lowest BCUT2D eigenvalue weighted by Crippen LogP contribution is -2.50. The third-order valence-electron chi connectivity index (χ3n) is 5.86. The lowest BCUT2D eigenvalue weighted by atomic mass is 9.81. The Labute approximate surface area is 149 Å². The Morgan fingerprint density at radius 2 is 1.84 bits per heavy atom. The predicted molar refractivity (Wildman–Crippen MR) is 97.8 cm³/mol. The van der Waals surface area contributed by atoms with Crippen molar-refractivity contribution in [3.8, 4) is 0 Å². The van der Waals surface area contributed by atoms with Crippen molar-refractivity contribution >= 4 is 5.91 Å². The van der Waals surface area contributed by atoms with Gasteiger partial charge in [-0.3, -0.25) is 9.69 Å². The minimum absolute atomic E-state index is 0.0875. The molecule has 1 aliphatic carbocycles. The average molecular weight is 338 g/mol. The Bertz CT molecular complexity index is 758. The van der Waals surface area contributed by atoms with Gasteiger partial charge in [0.1, 0.15) is 6.26 Å². The first-order valence-corrected chi connectivity index (χ1v) is 9.29. The first-order chi connectivity index (χ1) is 12.1. The van der Waals surface area contributed by atoms with Gasteiger partial charge in [0.25, 0.3) is 5.91 Å². The zero-order valence-corrected chi connectivity index (χ0v) is 15.1. The van der Waals surface area contributed by atoms with Gasteiger partial charge in [-0.25, -0.2) is 0 Å². The van der Waals surface area contributed by atoms with E-state index in [0.29, 0.717) is 11.6 Å². The molecule has 4 heteroatoms. The van der Waals surface area contributed by atoms with E-state index < -0.39 is 0 Å². The highest BCUT2D eigenvalue weighted by Gasteiger charge is 2.31. The summed E-state index contributed by atoms with van der Waals surface area (Å²) in [6.45, 7) is 7.96. The average Bonchev–Trinajstić information content (AvgIpc) is 3.19. The number of carbonyl (C=O) groups excluding carboxylic acids is 1. The molecule has 0 radical (unpaired) electrons. The molecule has 2 aromatic rings. The van der Waals surface area contributed by atoms with E-state index in [1.807, 2.05) is 4.90 Å². The van der Waals surface area contributed by atoms with Crippen molar-refractivity contribution < 1.29 is 9.21 Å². The summed E-state index contributed by atoms with van der Waals surface area (Å²) < 4.78 is 5.05. The SMILES string of the molecule is Cc1ccc(C)c2c1CCC[C@H]2N1CCN(C(=O)c2ccoc2)CC1. The van der Waals surface area contributed by atoms with Crippen LogP contribution in [-0.2, 0) is 6.42 Å². The van der Waals surface area contributed by atoms with Crippen LogP contribution in [0.5, 0.6) is 0 Å². The molecule has 2 heterocycles. The molecule has 1 atom stereocenters. The number of hydrogen-bond donors (Lipinski definition) is 0. The summed E-state index contributed by atoms with van der Waals surface area (Å²) in [6.07, 6.45) is 6.80. The maximum Gasteiger partial charge on any atom is 0.257 e. The molecule has 25 heavy (non-hydrogen) atoms. The normalized spacial score (nSPS) is 21.2. The molecular formula is C21H26N2O2. The fraction of sp³-hybridized carbons (Fsp3) is 0.476. The van der Waals surface area contributed by atoms with Crippen LogP contribution in [0.2, 0.25) is 0 Å². The fourth-order valence-corrected chi connectivity index (χ4v) is 4.47. The van der Waals surface area contributed by atoms with Crippen molar-refractivity contribution in [2.24, 2.45) is 0 Å². The highest BCUT2D eigenvalue weighted by molar-refractivity contribution is 5.93. The zero-order chi connectivity index (χ0) is 17.4. The highest BCUT2D eigenvalue weighted by Crippen LogP contribution is 2.38. The Morgan fingerprint density at radius 3 is 2.56 bits per heavy atom. The summed E-state index contributed by atoms with van der Waals surface area (Å²) in [5.74, 6) is 0.0875. The van der Waals surface area contributed by atoms with Gasteiger partial charge < -0.3 is 9.32 Å². The Balaban J connectivity index is 1.49. The number of amides is 1. The number of fused-ring (bicyclic) bond motifs is 1. The monoisotopic (exact) mass is 338 g/mol. The molecule has 0 spiro atoms. The number of hydrogen-bond acceptors (Lipinski definition) is 3. The Kier molecular flexibility index (Phi) is 4.38. The molecule has 1 saturated heterocycles. The summed E-state index contributed by atoms with van der Waals surface area (Å²) in [4.78, 5) is 17.0. The Hall–Kier alpha value is -2.07. The van der Waals surface area contributed by atoms with Crippen molar-refractivity contribution in [2.45, 2.75) is 39.2 Å². The third-order valence-corrected chi connectivity index (χ3v) is 5.86. The zero-order valence-electron chi connectivity index (χ0n) is 15.1. The molecule has 4 rings (SSSR count). The van der Waals surface area contributed by atoms with Gasteiger partial charge >= 0.3 is 0 Å². The van der Waals surface area contributed by atoms with Crippen LogP contribution in [0.3, 0.4) is 0 Å². The van der Waals surface area contributed by atoms with Gasteiger partial charge in [-0.1, -0.05) is 12.1 Å². The van der Waals surface area contributed by atoms with Crippen molar-refractivity contribution in [3.63, 3.8) is 0 Å². The second-order valence-corrected chi connectivity index (χ2v) is 7.34. The van der Waals surface area contributed by atoms with Crippen LogP contribution in [0.1, 0.15) is 51.5 Å². The van der Waals surface area contributed by atoms with Crippen LogP contribution in [0.25, 0.3) is 0 Å². The van der Waals surface area contributed by atoms with E-state index >= 15 is 0 Å². The van der Waals surface area contributed by atoms with Gasteiger partial charge in [0.2, 0.25) is 0 Å². The van der Waals surface area contributed by atoms with Gasteiger partial charge in [-0.2, -0.15) is 0 Å². The summed E-state index contributed by atoms with van der Waals surface area (Å²) in [6, 6.07) is 6.79. The molecule has 0 N–H and O–H groups in total. The van der Waals surface area contributed by atoms with E-state index in [1.54, 1.807) is 23.5 Å². The molecule has 0 bridgehead atoms. The maximum atomic E-state index is 12.5. The summed E-state index contributed by atoms with van der Waals surface area (Å²) in [5, 5.41) is 0. The molecule has 2 aliphatic rings. The molecule has 1 aromatic carbocycles. The fourth-order valence-electron chi connectivity index (χ4n) is 4.47. The van der Waals surface area contributed by atoms with Crippen molar-refractivity contribution in [1.29, 1.82) is 0 Å². The molecule has 4 nitrogen and oxygen atoms in total. The maximum absolute atomic E-state index is 12.5. The number of nitrogens with zero attached hydrogens (tertiary/aromatic N) is 2. The van der Waals surface area contributed by atoms with E-state index in [2.05, 4.69) is 30.9 Å². The van der Waals surface area contributed by atoms with E-state index in [9.17, 15) is 4.79 Å². The molecular weight excluding hydrogens is 312 g/mol. The van der Waals surface area contributed by atoms with Gasteiger partial charge in [0, 0.05) is 32.2 Å². The quantitative estimate of drug-likeness (QED) is 0.837. The molecule has 132 valence electrons. The Morgan fingerprint density at radius 1 is 1.08 bits per heavy atom. The van der Waals surface area contributed by atoms with E-state index in [-0.39, 0.29) is 5.91 Å². The molecule has 0 unspecified atom stereocenters. The third kappa shape index (κ3) is 2.99. The van der Waals surface area contributed by atoms with Crippen molar-refractivity contribution in [2.75, 3.05) is 26.2 Å². The van der Waals surface area contributed by atoms with Gasteiger partial charge in [0.15, 0.2) is 0 Å². The number of rotatable bonds is 2. The first kappa shape index (κ1) is 16.4. The van der Waals surface area contributed by atoms with Gasteiger partial charge in [-0.05, 0) is 61.4 Å². The molecule has 1 fully saturated rings. The predicted octanol–water partition coefficient (Wildman–Crippen LogP) is 3.73. The molecule has 1 aliphatic heterocycles. The van der Waals surface area contributed by atoms with Crippen LogP contribution < -0.4 is 0 Å². The van der Waals surface area contributed by atoms with Crippen molar-refractivity contribution in [1.82, 2.24) is 9.80 Å². The van der Waals surface area contributed by atoms with E-state index in [4.69, 9.17) is 4.42 Å². The minimum Gasteiger partial charge on any atom is -0.472 e. The van der Waals surface area contributed by atoms with Gasteiger partial charge in [-0.15, -0.1) is 0 Å². The van der Waals surface area contributed by atoms with Crippen LogP contribution in [0, 0.1) is 13.8 Å². The van der Waals surface area contributed by atoms with E-state index in [1.165, 1.54) is 36.7 Å². The second kappa shape index (κ2) is 6.68. The van der Waals surface area contributed by atoms with Crippen molar-refractivity contribution in [3.05, 3.63) is 58.5 Å². The number of furan rings is 1. The second-order valence-electron chi connectivity index (χ2n) is 7.34. The molecule has 1 amide bonds. The van der Waals surface area contributed by atoms with Crippen LogP contribution in [0.4, 0.5) is 0 Å². The lowest BCUT2D eigenvalue weighted by Gasteiger charge is -2.42. The minimum atomic E-state index is 0.0875.